The van der Waals surface area contributed by atoms with Crippen molar-refractivity contribution in [3.05, 3.63) is 38.4 Å². The number of aliphatic hydroxyl groups is 1. The first-order chi connectivity index (χ1) is 11.5. The van der Waals surface area contributed by atoms with Crippen LogP contribution in [0, 0.1) is 13.8 Å². The Morgan fingerprint density at radius 2 is 2.21 bits per heavy atom. The van der Waals surface area contributed by atoms with E-state index in [-0.39, 0.29) is 6.54 Å². The number of guanidine groups is 1. The second kappa shape index (κ2) is 9.05. The van der Waals surface area contributed by atoms with Crippen LogP contribution in [-0.4, -0.2) is 35.9 Å². The molecule has 1 atom stereocenters. The highest BCUT2D eigenvalue weighted by molar-refractivity contribution is 7.16. The van der Waals surface area contributed by atoms with Gasteiger partial charge in [-0.3, -0.25) is 4.99 Å². The van der Waals surface area contributed by atoms with Crippen LogP contribution in [-0.2, 0) is 6.42 Å². The normalized spacial score (nSPS) is 13.1. The minimum Gasteiger partial charge on any atom is -0.386 e. The summed E-state index contributed by atoms with van der Waals surface area (Å²) in [4.78, 5) is 5.25. The molecule has 132 valence electrons. The summed E-state index contributed by atoms with van der Waals surface area (Å²) in [6, 6.07) is 3.60. The zero-order valence-corrected chi connectivity index (χ0v) is 15.7. The molecule has 0 bridgehead atoms. The van der Waals surface area contributed by atoms with Gasteiger partial charge in [0.1, 0.15) is 11.9 Å². The van der Waals surface area contributed by atoms with Crippen LogP contribution in [0.3, 0.4) is 0 Å². The monoisotopic (exact) mass is 370 g/mol. The van der Waals surface area contributed by atoms with Gasteiger partial charge in [-0.1, -0.05) is 16.8 Å². The summed E-state index contributed by atoms with van der Waals surface area (Å²) in [5.74, 6) is 1.52. The third kappa shape index (κ3) is 5.22. The number of hydrogen-bond acceptors (Lipinski definition) is 5. The third-order valence-electron chi connectivity index (χ3n) is 3.54. The van der Waals surface area contributed by atoms with Crippen LogP contribution in [0.2, 0.25) is 4.34 Å². The van der Waals surface area contributed by atoms with E-state index in [4.69, 9.17) is 16.1 Å². The molecule has 0 aromatic carbocycles. The van der Waals surface area contributed by atoms with Gasteiger partial charge in [-0.25, -0.2) is 0 Å². The van der Waals surface area contributed by atoms with Gasteiger partial charge in [-0.15, -0.1) is 11.3 Å². The average molecular weight is 371 g/mol. The lowest BCUT2D eigenvalue weighted by Gasteiger charge is -2.12. The maximum atomic E-state index is 10.2. The van der Waals surface area contributed by atoms with Crippen LogP contribution in [0.5, 0.6) is 0 Å². The molecular formula is C16H23ClN4O2S. The van der Waals surface area contributed by atoms with Gasteiger partial charge in [-0.2, -0.15) is 0 Å². The van der Waals surface area contributed by atoms with Crippen LogP contribution in [0.25, 0.3) is 0 Å². The highest BCUT2D eigenvalue weighted by atomic mass is 35.5. The van der Waals surface area contributed by atoms with Crippen molar-refractivity contribution >= 4 is 28.9 Å². The molecular weight excluding hydrogens is 348 g/mol. The second-order valence-corrected chi connectivity index (χ2v) is 7.10. The Labute approximate surface area is 150 Å². The Kier molecular flexibility index (Phi) is 7.08. The van der Waals surface area contributed by atoms with E-state index in [9.17, 15) is 5.11 Å². The number of nitrogens with zero attached hydrogens (tertiary/aromatic N) is 2. The van der Waals surface area contributed by atoms with E-state index in [0.717, 1.165) is 34.9 Å². The molecule has 24 heavy (non-hydrogen) atoms. The Morgan fingerprint density at radius 3 is 2.79 bits per heavy atom. The number of nitrogens with one attached hydrogen (secondary N) is 2. The van der Waals surface area contributed by atoms with Crippen LogP contribution in [0.4, 0.5) is 0 Å². The first-order valence-electron chi connectivity index (χ1n) is 7.88. The van der Waals surface area contributed by atoms with Gasteiger partial charge in [0.2, 0.25) is 0 Å². The van der Waals surface area contributed by atoms with Crippen LogP contribution in [0.15, 0.2) is 21.6 Å². The molecule has 6 nitrogen and oxygen atoms in total. The third-order valence-corrected chi connectivity index (χ3v) is 4.87. The first-order valence-corrected chi connectivity index (χ1v) is 9.08. The highest BCUT2D eigenvalue weighted by Crippen LogP contribution is 2.26. The Morgan fingerprint density at radius 1 is 1.42 bits per heavy atom. The zero-order chi connectivity index (χ0) is 17.5. The summed E-state index contributed by atoms with van der Waals surface area (Å²) in [5.41, 5.74) is 2.04. The molecule has 0 aliphatic carbocycles. The maximum Gasteiger partial charge on any atom is 0.191 e. The van der Waals surface area contributed by atoms with E-state index >= 15 is 0 Å². The molecule has 0 aliphatic rings. The maximum absolute atomic E-state index is 10.2. The molecule has 0 fully saturated rings. The number of aliphatic imine (C=N–C) groups is 1. The van der Waals surface area contributed by atoms with Crippen molar-refractivity contribution in [2.75, 3.05) is 19.6 Å². The quantitative estimate of drug-likeness (QED) is 0.515. The number of aliphatic hydroxyl groups excluding tert-OH is 1. The summed E-state index contributed by atoms with van der Waals surface area (Å²) in [7, 11) is 0. The van der Waals surface area contributed by atoms with Crippen LogP contribution in [0.1, 0.15) is 34.9 Å². The lowest BCUT2D eigenvalue weighted by atomic mass is 10.1. The number of thiophene rings is 1. The zero-order valence-electron chi connectivity index (χ0n) is 14.1. The number of hydrogen-bond donors (Lipinski definition) is 3. The van der Waals surface area contributed by atoms with E-state index in [1.54, 1.807) is 6.07 Å². The Hall–Kier alpha value is -1.57. The van der Waals surface area contributed by atoms with Crippen molar-refractivity contribution in [3.8, 4) is 0 Å². The summed E-state index contributed by atoms with van der Waals surface area (Å²) >= 11 is 7.26. The van der Waals surface area contributed by atoms with Crippen molar-refractivity contribution in [1.29, 1.82) is 0 Å². The van der Waals surface area contributed by atoms with Crippen molar-refractivity contribution in [2.24, 2.45) is 4.99 Å². The van der Waals surface area contributed by atoms with Gasteiger partial charge < -0.3 is 20.3 Å². The first kappa shape index (κ1) is 18.8. The Bertz CT molecular complexity index is 664. The van der Waals surface area contributed by atoms with Crippen molar-refractivity contribution < 1.29 is 9.63 Å². The minimum absolute atomic E-state index is 0.275. The standard InChI is InChI=1S/C16H23ClN4O2S/c1-4-18-16(19-8-7-12-10(2)21-23-11(12)3)20-9-13(22)14-5-6-15(17)24-14/h5-6,13,22H,4,7-9H2,1-3H3,(H2,18,19,20). The van der Waals surface area contributed by atoms with Gasteiger partial charge in [0, 0.05) is 23.5 Å². The highest BCUT2D eigenvalue weighted by Gasteiger charge is 2.11. The van der Waals surface area contributed by atoms with E-state index in [1.807, 2.05) is 26.8 Å². The lowest BCUT2D eigenvalue weighted by molar-refractivity contribution is 0.191. The number of aromatic nitrogens is 1. The number of rotatable bonds is 7. The second-order valence-electron chi connectivity index (χ2n) is 5.36. The van der Waals surface area contributed by atoms with Crippen LogP contribution >= 0.6 is 22.9 Å². The van der Waals surface area contributed by atoms with Crippen molar-refractivity contribution in [2.45, 2.75) is 33.3 Å². The molecule has 3 N–H and O–H groups in total. The topological polar surface area (TPSA) is 82.7 Å². The smallest absolute Gasteiger partial charge is 0.191 e. The minimum atomic E-state index is -0.652. The Balaban J connectivity index is 1.88. The predicted octanol–water partition coefficient (Wildman–Crippen LogP) is 2.84. The van der Waals surface area contributed by atoms with E-state index < -0.39 is 6.10 Å². The molecule has 0 saturated carbocycles. The fourth-order valence-corrected chi connectivity index (χ4v) is 3.32. The van der Waals surface area contributed by atoms with Gasteiger partial charge in [-0.05, 0) is 39.3 Å². The molecule has 0 radical (unpaired) electrons. The summed E-state index contributed by atoms with van der Waals surface area (Å²) in [5, 5.41) is 20.6. The molecule has 8 heteroatoms. The largest absolute Gasteiger partial charge is 0.386 e. The van der Waals surface area contributed by atoms with E-state index in [0.29, 0.717) is 16.8 Å². The van der Waals surface area contributed by atoms with E-state index in [2.05, 4.69) is 20.8 Å². The van der Waals surface area contributed by atoms with Gasteiger partial charge in [0.05, 0.1) is 16.6 Å². The molecule has 0 saturated heterocycles. The number of halogens is 1. The molecule has 2 rings (SSSR count). The molecule has 0 aliphatic heterocycles. The molecule has 0 amide bonds. The van der Waals surface area contributed by atoms with Crippen molar-refractivity contribution in [3.63, 3.8) is 0 Å². The SMILES string of the molecule is CCNC(=NCC(O)c1ccc(Cl)s1)NCCc1c(C)noc1C. The molecule has 1 unspecified atom stereocenters. The average Bonchev–Trinajstić information content (AvgIpc) is 3.12. The summed E-state index contributed by atoms with van der Waals surface area (Å²) in [6.45, 7) is 7.58. The van der Waals surface area contributed by atoms with E-state index in [1.165, 1.54) is 11.3 Å². The van der Waals surface area contributed by atoms with Crippen molar-refractivity contribution in [1.82, 2.24) is 15.8 Å². The predicted molar refractivity (Wildman–Crippen MR) is 98.0 cm³/mol. The molecule has 0 spiro atoms. The summed E-state index contributed by atoms with van der Waals surface area (Å²) in [6.07, 6.45) is 0.148. The fourth-order valence-electron chi connectivity index (χ4n) is 2.28. The summed E-state index contributed by atoms with van der Waals surface area (Å²) < 4.78 is 5.83. The van der Waals surface area contributed by atoms with Crippen LogP contribution < -0.4 is 10.6 Å². The fraction of sp³-hybridized carbons (Fsp3) is 0.500. The number of aryl methyl sites for hydroxylation is 2. The molecule has 2 heterocycles. The lowest BCUT2D eigenvalue weighted by Crippen LogP contribution is -2.38. The van der Waals surface area contributed by atoms with Gasteiger partial charge in [0.15, 0.2) is 5.96 Å². The van der Waals surface area contributed by atoms with Gasteiger partial charge in [0.25, 0.3) is 0 Å². The molecule has 2 aromatic heterocycles. The molecule has 2 aromatic rings. The van der Waals surface area contributed by atoms with Gasteiger partial charge >= 0.3 is 0 Å².